The van der Waals surface area contributed by atoms with Gasteiger partial charge in [-0.1, -0.05) is 43.7 Å². The maximum Gasteiger partial charge on any atom is 0.210 e. The number of nitrogens with zero attached hydrogens (tertiary/aromatic N) is 3. The number of benzene rings is 1. The molecule has 1 aromatic carbocycles. The lowest BCUT2D eigenvalue weighted by Crippen LogP contribution is -2.24. The van der Waals surface area contributed by atoms with Crippen molar-refractivity contribution >= 4 is 6.41 Å². The molecule has 4 rings (SSSR count). The number of carbonyl (C=O) groups excluding carboxylic acids is 1. The average Bonchev–Trinajstić information content (AvgIpc) is 3.34. The molecule has 0 saturated carbocycles. The first-order valence-electron chi connectivity index (χ1n) is 10.3. The summed E-state index contributed by atoms with van der Waals surface area (Å²) < 4.78 is 0. The molecule has 0 bridgehead atoms. The number of H-pyrrole nitrogens is 1. The molecule has 1 fully saturated rings. The van der Waals surface area contributed by atoms with Crippen LogP contribution in [-0.4, -0.2) is 33.0 Å². The molecule has 5 heteroatoms. The Morgan fingerprint density at radius 1 is 1.10 bits per heavy atom. The van der Waals surface area contributed by atoms with Crippen LogP contribution in [0.2, 0.25) is 0 Å². The Kier molecular flexibility index (Phi) is 5.22. The molecule has 1 amide bonds. The molecular weight excluding hydrogens is 360 g/mol. The number of aromatic amines is 1. The third-order valence-electron chi connectivity index (χ3n) is 5.84. The second-order valence-corrected chi connectivity index (χ2v) is 8.37. The van der Waals surface area contributed by atoms with E-state index in [4.69, 9.17) is 4.98 Å². The number of amides is 1. The van der Waals surface area contributed by atoms with Crippen molar-refractivity contribution in [1.29, 1.82) is 0 Å². The van der Waals surface area contributed by atoms with Crippen molar-refractivity contribution in [3.8, 4) is 11.1 Å². The van der Waals surface area contributed by atoms with Crippen molar-refractivity contribution in [2.75, 3.05) is 6.54 Å². The van der Waals surface area contributed by atoms with Crippen LogP contribution in [0.25, 0.3) is 11.1 Å². The van der Waals surface area contributed by atoms with Crippen molar-refractivity contribution < 1.29 is 4.79 Å². The van der Waals surface area contributed by atoms with Gasteiger partial charge in [0, 0.05) is 23.9 Å². The summed E-state index contributed by atoms with van der Waals surface area (Å²) in [6.45, 7) is 9.11. The maximum atomic E-state index is 11.8. The quantitative estimate of drug-likeness (QED) is 0.633. The van der Waals surface area contributed by atoms with E-state index in [0.717, 1.165) is 42.2 Å². The molecule has 3 aromatic rings. The summed E-state index contributed by atoms with van der Waals surface area (Å²) in [6.07, 6.45) is 1.85. The number of aryl methyl sites for hydroxylation is 2. The van der Waals surface area contributed by atoms with Crippen LogP contribution in [-0.2, 0) is 4.79 Å². The number of pyridine rings is 1. The first kappa shape index (κ1) is 19.4. The van der Waals surface area contributed by atoms with E-state index in [1.807, 2.05) is 11.8 Å². The second-order valence-electron chi connectivity index (χ2n) is 8.37. The molecule has 150 valence electrons. The van der Waals surface area contributed by atoms with E-state index in [1.54, 1.807) is 0 Å². The number of carbonyl (C=O) groups is 1. The summed E-state index contributed by atoms with van der Waals surface area (Å²) in [5, 5.41) is 7.64. The molecule has 1 N–H and O–H groups in total. The van der Waals surface area contributed by atoms with E-state index in [1.165, 1.54) is 16.7 Å². The Balaban J connectivity index is 1.73. The molecule has 2 atom stereocenters. The van der Waals surface area contributed by atoms with Gasteiger partial charge in [0.25, 0.3) is 0 Å². The fraction of sp³-hybridized carbons (Fsp3) is 0.375. The molecule has 29 heavy (non-hydrogen) atoms. The highest BCUT2D eigenvalue weighted by Gasteiger charge is 2.38. The summed E-state index contributed by atoms with van der Waals surface area (Å²) in [4.78, 5) is 18.5. The number of nitrogens with one attached hydrogen (secondary N) is 1. The van der Waals surface area contributed by atoms with Gasteiger partial charge in [0.2, 0.25) is 6.41 Å². The van der Waals surface area contributed by atoms with Crippen LogP contribution in [0.3, 0.4) is 0 Å². The zero-order chi connectivity index (χ0) is 20.5. The minimum Gasteiger partial charge on any atom is -0.336 e. The standard InChI is InChI=1S/C24H28N4O/c1-15(2)21-13-23(27-26-21)24-20(9-10-28(24)14-29)22-12-19(11-17(4)25-22)18-7-5-16(3)6-8-18/h5-8,11-15,20,24H,9-10H2,1-4H3,(H,26,27). The van der Waals surface area contributed by atoms with Crippen LogP contribution < -0.4 is 0 Å². The van der Waals surface area contributed by atoms with Gasteiger partial charge in [-0.3, -0.25) is 14.9 Å². The van der Waals surface area contributed by atoms with Gasteiger partial charge in [-0.15, -0.1) is 0 Å². The molecule has 3 heterocycles. The lowest BCUT2D eigenvalue weighted by Gasteiger charge is -2.24. The largest absolute Gasteiger partial charge is 0.336 e. The van der Waals surface area contributed by atoms with Gasteiger partial charge in [-0.25, -0.2) is 0 Å². The zero-order valence-electron chi connectivity index (χ0n) is 17.5. The summed E-state index contributed by atoms with van der Waals surface area (Å²) in [5.74, 6) is 0.486. The zero-order valence-corrected chi connectivity index (χ0v) is 17.5. The van der Waals surface area contributed by atoms with Gasteiger partial charge in [-0.2, -0.15) is 5.10 Å². The molecule has 2 unspecified atom stereocenters. The van der Waals surface area contributed by atoms with E-state index < -0.39 is 0 Å². The Hall–Kier alpha value is -2.95. The van der Waals surface area contributed by atoms with Crippen LogP contribution in [0, 0.1) is 13.8 Å². The lowest BCUT2D eigenvalue weighted by molar-refractivity contribution is -0.119. The van der Waals surface area contributed by atoms with Crippen LogP contribution in [0.1, 0.15) is 66.5 Å². The third kappa shape index (κ3) is 3.82. The van der Waals surface area contributed by atoms with Gasteiger partial charge in [0.1, 0.15) is 0 Å². The summed E-state index contributed by atoms with van der Waals surface area (Å²) in [7, 11) is 0. The fourth-order valence-corrected chi connectivity index (χ4v) is 4.24. The molecule has 0 spiro atoms. The Labute approximate surface area is 172 Å². The molecule has 1 aliphatic heterocycles. The number of hydrogen-bond donors (Lipinski definition) is 1. The SMILES string of the molecule is Cc1ccc(-c2cc(C)nc(C3CCN(C=O)C3c3cc(C(C)C)n[nH]3)c2)cc1. The Morgan fingerprint density at radius 2 is 1.86 bits per heavy atom. The third-order valence-corrected chi connectivity index (χ3v) is 5.84. The lowest BCUT2D eigenvalue weighted by atomic mass is 9.91. The van der Waals surface area contributed by atoms with E-state index in [0.29, 0.717) is 5.92 Å². The van der Waals surface area contributed by atoms with Crippen molar-refractivity contribution in [2.24, 2.45) is 0 Å². The molecule has 1 aliphatic rings. The number of hydrogen-bond acceptors (Lipinski definition) is 3. The van der Waals surface area contributed by atoms with Crippen LogP contribution >= 0.6 is 0 Å². The van der Waals surface area contributed by atoms with Crippen molar-refractivity contribution in [3.05, 3.63) is 70.8 Å². The first-order chi connectivity index (χ1) is 14.0. The van der Waals surface area contributed by atoms with Gasteiger partial charge >= 0.3 is 0 Å². The predicted molar refractivity (Wildman–Crippen MR) is 115 cm³/mol. The summed E-state index contributed by atoms with van der Waals surface area (Å²) >= 11 is 0. The maximum absolute atomic E-state index is 11.8. The van der Waals surface area contributed by atoms with Crippen molar-refractivity contribution in [1.82, 2.24) is 20.1 Å². The molecule has 0 radical (unpaired) electrons. The van der Waals surface area contributed by atoms with E-state index >= 15 is 0 Å². The molecule has 2 aromatic heterocycles. The van der Waals surface area contributed by atoms with E-state index in [9.17, 15) is 4.79 Å². The highest BCUT2D eigenvalue weighted by molar-refractivity contribution is 5.65. The van der Waals surface area contributed by atoms with Gasteiger partial charge in [0.15, 0.2) is 0 Å². The van der Waals surface area contributed by atoms with Crippen molar-refractivity contribution in [3.63, 3.8) is 0 Å². The number of rotatable bonds is 5. The van der Waals surface area contributed by atoms with Crippen LogP contribution in [0.4, 0.5) is 0 Å². The number of likely N-dealkylation sites (tertiary alicyclic amines) is 1. The minimum atomic E-state index is -0.0623. The summed E-state index contributed by atoms with van der Waals surface area (Å²) in [6, 6.07) is 14.9. The molecular formula is C24H28N4O. The van der Waals surface area contributed by atoms with E-state index in [-0.39, 0.29) is 12.0 Å². The smallest absolute Gasteiger partial charge is 0.210 e. The molecule has 0 aliphatic carbocycles. The molecule has 5 nitrogen and oxygen atoms in total. The van der Waals surface area contributed by atoms with Gasteiger partial charge < -0.3 is 4.90 Å². The topological polar surface area (TPSA) is 61.9 Å². The normalized spacial score (nSPS) is 19.1. The fourth-order valence-electron chi connectivity index (χ4n) is 4.24. The minimum absolute atomic E-state index is 0.0623. The van der Waals surface area contributed by atoms with E-state index in [2.05, 4.69) is 73.4 Å². The monoisotopic (exact) mass is 388 g/mol. The van der Waals surface area contributed by atoms with Crippen LogP contribution in [0.5, 0.6) is 0 Å². The highest BCUT2D eigenvalue weighted by Crippen LogP contribution is 2.43. The highest BCUT2D eigenvalue weighted by atomic mass is 16.1. The summed E-state index contributed by atoms with van der Waals surface area (Å²) in [5.41, 5.74) is 7.65. The second kappa shape index (κ2) is 7.82. The predicted octanol–water partition coefficient (Wildman–Crippen LogP) is 4.90. The van der Waals surface area contributed by atoms with Crippen LogP contribution in [0.15, 0.2) is 42.5 Å². The average molecular weight is 389 g/mol. The van der Waals surface area contributed by atoms with Gasteiger partial charge in [-0.05, 0) is 55.5 Å². The molecule has 1 saturated heterocycles. The number of aromatic nitrogens is 3. The van der Waals surface area contributed by atoms with Gasteiger partial charge in [0.05, 0.1) is 17.4 Å². The Morgan fingerprint density at radius 3 is 2.52 bits per heavy atom. The Bertz CT molecular complexity index is 1010. The first-order valence-corrected chi connectivity index (χ1v) is 10.3. The van der Waals surface area contributed by atoms with Crippen molar-refractivity contribution in [2.45, 2.75) is 52.0 Å².